The summed E-state index contributed by atoms with van der Waals surface area (Å²) in [5, 5.41) is 63.6. The Kier molecular flexibility index (Phi) is 14.7. The van der Waals surface area contributed by atoms with Crippen LogP contribution in [0.3, 0.4) is 0 Å². The van der Waals surface area contributed by atoms with Crippen LogP contribution in [0.1, 0.15) is 44.5 Å². The van der Waals surface area contributed by atoms with E-state index < -0.39 is 0 Å². The Labute approximate surface area is 554 Å². The molecule has 2 N–H and O–H groups in total. The average molecular weight is 1220 g/mol. The summed E-state index contributed by atoms with van der Waals surface area (Å²) >= 11 is 0. The van der Waals surface area contributed by atoms with Crippen LogP contribution in [0.15, 0.2) is 267 Å². The van der Waals surface area contributed by atoms with Crippen LogP contribution in [-0.2, 0) is 6.54 Å². The van der Waals surface area contributed by atoms with Crippen molar-refractivity contribution in [2.24, 2.45) is 5.73 Å². The molecule has 0 amide bonds. The van der Waals surface area contributed by atoms with Crippen molar-refractivity contribution in [3.8, 4) is 149 Å². The second kappa shape index (κ2) is 24.3. The van der Waals surface area contributed by atoms with E-state index in [1.807, 2.05) is 54.6 Å². The van der Waals surface area contributed by atoms with Gasteiger partial charge in [0.25, 0.3) is 0 Å². The quantitative estimate of drug-likeness (QED) is 0.125. The predicted octanol–water partition coefficient (Wildman–Crippen LogP) is 19.9. The van der Waals surface area contributed by atoms with Gasteiger partial charge in [-0.2, -0.15) is 31.6 Å². The first-order valence-corrected chi connectivity index (χ1v) is 31.0. The fraction of sp³-hybridized carbons (Fsp3) is 0.0115. The number of terminal acetylenes is 1. The van der Waals surface area contributed by atoms with E-state index in [2.05, 4.69) is 221 Å². The summed E-state index contributed by atoms with van der Waals surface area (Å²) in [7, 11) is 0. The van der Waals surface area contributed by atoms with Crippen LogP contribution in [0.4, 0.5) is 0 Å². The molecule has 0 spiro atoms. The Morgan fingerprint density at radius 1 is 0.271 bits per heavy atom. The molecule has 0 aliphatic heterocycles. The second-order valence-electron chi connectivity index (χ2n) is 23.7. The molecule has 442 valence electrons. The molecule has 96 heavy (non-hydrogen) atoms. The third-order valence-corrected chi connectivity index (χ3v) is 18.0. The molecule has 0 bridgehead atoms. The molecule has 0 aliphatic carbocycles. The average Bonchev–Trinajstić information content (AvgIpc) is 1.54. The lowest BCUT2D eigenvalue weighted by Crippen LogP contribution is -1.98. The molecule has 13 aromatic carbocycles. The van der Waals surface area contributed by atoms with E-state index in [1.165, 1.54) is 0 Å². The highest BCUT2D eigenvalue weighted by molar-refractivity contribution is 6.26. The zero-order valence-electron chi connectivity index (χ0n) is 51.3. The van der Waals surface area contributed by atoms with Crippen molar-refractivity contribution < 1.29 is 0 Å². The Morgan fingerprint density at radius 2 is 0.583 bits per heavy atom. The highest BCUT2D eigenvalue weighted by atomic mass is 15.0. The molecule has 15 rings (SSSR count). The highest BCUT2D eigenvalue weighted by Crippen LogP contribution is 2.45. The van der Waals surface area contributed by atoms with Crippen LogP contribution >= 0.6 is 0 Å². The van der Waals surface area contributed by atoms with Crippen LogP contribution in [0.25, 0.3) is 144 Å². The number of aromatic nitrogens is 2. The minimum absolute atomic E-state index is 0.316. The SMILES string of the molecule is C#Cc1cc(C#N)cc(-c2ccc(-c3cc(-c4ccc(-c5cc(C#N)cc(CN)c5)cc4)cc(-n4c5ccccc5c5c4ccc4c6ccccc6n(-c6cc(-c7ccc(-c8cc(C#N)cc(C#N)c8)cc7)cc(-c7ccc(-c8cc(C#N)cc(C#N)c8)cc7)c6)c45)c3)cc2)c1. The summed E-state index contributed by atoms with van der Waals surface area (Å²) < 4.78 is 4.78. The number of hydrogen-bond acceptors (Lipinski definition) is 7. The van der Waals surface area contributed by atoms with Gasteiger partial charge < -0.3 is 14.9 Å². The summed E-state index contributed by atoms with van der Waals surface area (Å²) in [6.07, 6.45) is 5.85. The lowest BCUT2D eigenvalue weighted by molar-refractivity contribution is 1.07. The maximum atomic E-state index is 9.92. The van der Waals surface area contributed by atoms with Crippen molar-refractivity contribution in [3.63, 3.8) is 0 Å². The molecule has 0 atom stereocenters. The van der Waals surface area contributed by atoms with Crippen molar-refractivity contribution in [1.29, 1.82) is 31.6 Å². The number of benzene rings is 13. The molecule has 0 aliphatic rings. The first kappa shape index (κ1) is 58.3. The first-order chi connectivity index (χ1) is 47.1. The van der Waals surface area contributed by atoms with Crippen molar-refractivity contribution >= 4 is 43.6 Å². The van der Waals surface area contributed by atoms with Crippen LogP contribution in [-0.4, -0.2) is 9.13 Å². The molecular formula is C87H49N9. The van der Waals surface area contributed by atoms with Gasteiger partial charge in [0.2, 0.25) is 0 Å². The number of para-hydroxylation sites is 2. The number of nitriles is 6. The minimum Gasteiger partial charge on any atom is -0.326 e. The number of hydrogen-bond donors (Lipinski definition) is 1. The van der Waals surface area contributed by atoms with Gasteiger partial charge in [-0.3, -0.25) is 0 Å². The summed E-state index contributed by atoms with van der Waals surface area (Å²) in [5.74, 6) is 2.71. The predicted molar refractivity (Wildman–Crippen MR) is 383 cm³/mol. The molecule has 0 saturated heterocycles. The zero-order chi connectivity index (χ0) is 65.6. The Balaban J connectivity index is 0.937. The van der Waals surface area contributed by atoms with Crippen molar-refractivity contribution in [2.75, 3.05) is 0 Å². The fourth-order valence-corrected chi connectivity index (χ4v) is 13.5. The highest BCUT2D eigenvalue weighted by Gasteiger charge is 2.23. The lowest BCUT2D eigenvalue weighted by Gasteiger charge is -2.16. The summed E-state index contributed by atoms with van der Waals surface area (Å²) in [5.41, 5.74) is 31.0. The lowest BCUT2D eigenvalue weighted by atomic mass is 9.94. The Hall–Kier alpha value is -14.1. The largest absolute Gasteiger partial charge is 0.326 e. The monoisotopic (exact) mass is 1220 g/mol. The van der Waals surface area contributed by atoms with Gasteiger partial charge in [-0.1, -0.05) is 145 Å². The molecule has 15 aromatic rings. The molecule has 9 heteroatoms. The standard InChI is InChI=1S/C87H49N9/c1-2-54-29-55(47-88)34-70(33-54)62-11-19-66(20-12-62)74-41-75(67-21-13-63(14-22-67)71-35-56(48-89)30-57(36-71)49-90)44-78(43-74)95-84-10-6-4-8-82(84)86-85(95)28-27-81-80-7-3-5-9-83(80)96(87(81)86)79-45-76(68-23-15-64(16-24-68)72-37-58(50-91)31-59(38-72)51-92)42-77(46-79)69-25-17-65(18-26-69)73-39-60(52-93)32-61(40-73)53-94/h1,3-46H,48,89H2. The van der Waals surface area contributed by atoms with Crippen molar-refractivity contribution in [3.05, 3.63) is 311 Å². The van der Waals surface area contributed by atoms with Gasteiger partial charge in [0.15, 0.2) is 0 Å². The smallest absolute Gasteiger partial charge is 0.0992 e. The third-order valence-electron chi connectivity index (χ3n) is 18.0. The molecule has 0 saturated carbocycles. The van der Waals surface area contributed by atoms with E-state index in [0.717, 1.165) is 150 Å². The van der Waals surface area contributed by atoms with Crippen LogP contribution in [0.5, 0.6) is 0 Å². The molecule has 2 heterocycles. The zero-order valence-corrected chi connectivity index (χ0v) is 51.3. The van der Waals surface area contributed by atoms with Gasteiger partial charge in [0.05, 0.1) is 91.9 Å². The normalized spacial score (nSPS) is 10.9. The van der Waals surface area contributed by atoms with E-state index in [1.54, 1.807) is 42.5 Å². The number of rotatable bonds is 11. The number of fused-ring (bicyclic) bond motifs is 7. The van der Waals surface area contributed by atoms with Gasteiger partial charge in [0, 0.05) is 45.0 Å². The topological polar surface area (TPSA) is 179 Å². The number of nitrogens with zero attached hydrogens (tertiary/aromatic N) is 8. The molecule has 0 fully saturated rings. The summed E-state index contributed by atoms with van der Waals surface area (Å²) in [6, 6.07) is 103. The van der Waals surface area contributed by atoms with E-state index in [4.69, 9.17) is 12.2 Å². The first-order valence-electron chi connectivity index (χ1n) is 31.0. The summed E-state index contributed by atoms with van der Waals surface area (Å²) in [4.78, 5) is 0. The van der Waals surface area contributed by atoms with E-state index in [0.29, 0.717) is 45.5 Å². The Morgan fingerprint density at radius 3 is 0.958 bits per heavy atom. The van der Waals surface area contributed by atoms with Gasteiger partial charge in [-0.25, -0.2) is 0 Å². The fourth-order valence-electron chi connectivity index (χ4n) is 13.5. The Bertz CT molecular complexity index is 5820. The van der Waals surface area contributed by atoms with Gasteiger partial charge in [0.1, 0.15) is 0 Å². The van der Waals surface area contributed by atoms with Crippen LogP contribution < -0.4 is 5.73 Å². The van der Waals surface area contributed by atoms with Crippen LogP contribution in [0.2, 0.25) is 0 Å². The van der Waals surface area contributed by atoms with Crippen molar-refractivity contribution in [2.45, 2.75) is 6.54 Å². The molecule has 0 radical (unpaired) electrons. The summed E-state index contributed by atoms with van der Waals surface area (Å²) in [6.45, 7) is 0.316. The third kappa shape index (κ3) is 10.6. The minimum atomic E-state index is 0.316. The molecular weight excluding hydrogens is 1170 g/mol. The maximum Gasteiger partial charge on any atom is 0.0992 e. The second-order valence-corrected chi connectivity index (χ2v) is 23.7. The molecule has 9 nitrogen and oxygen atoms in total. The van der Waals surface area contributed by atoms with Gasteiger partial charge in [-0.15, -0.1) is 6.42 Å². The van der Waals surface area contributed by atoms with Crippen LogP contribution in [0, 0.1) is 80.3 Å². The van der Waals surface area contributed by atoms with E-state index >= 15 is 0 Å². The maximum absolute atomic E-state index is 9.92. The van der Waals surface area contributed by atoms with E-state index in [9.17, 15) is 31.6 Å². The van der Waals surface area contributed by atoms with Crippen molar-refractivity contribution in [1.82, 2.24) is 9.13 Å². The van der Waals surface area contributed by atoms with Gasteiger partial charge >= 0.3 is 0 Å². The number of nitrogens with two attached hydrogens (primary N) is 1. The van der Waals surface area contributed by atoms with Gasteiger partial charge in [-0.05, 0) is 222 Å². The molecule has 2 aromatic heterocycles. The van der Waals surface area contributed by atoms with E-state index in [-0.39, 0.29) is 0 Å². The molecule has 0 unspecified atom stereocenters.